The first kappa shape index (κ1) is 16.8. The van der Waals surface area contributed by atoms with Gasteiger partial charge >= 0.3 is 0 Å². The summed E-state index contributed by atoms with van der Waals surface area (Å²) in [6.07, 6.45) is 4.09. The molecule has 4 nitrogen and oxygen atoms in total. The summed E-state index contributed by atoms with van der Waals surface area (Å²) >= 11 is 6.06. The predicted octanol–water partition coefficient (Wildman–Crippen LogP) is 2.75. The first-order valence-electron chi connectivity index (χ1n) is 8.16. The van der Waals surface area contributed by atoms with E-state index in [4.69, 9.17) is 11.6 Å². The summed E-state index contributed by atoms with van der Waals surface area (Å²) in [4.78, 5) is 12.1. The molecule has 2 unspecified atom stereocenters. The number of hydrogen-bond acceptors (Lipinski definition) is 3. The van der Waals surface area contributed by atoms with Crippen molar-refractivity contribution in [2.75, 3.05) is 12.3 Å². The average Bonchev–Trinajstić information content (AvgIpc) is 2.59. The summed E-state index contributed by atoms with van der Waals surface area (Å²) in [5.41, 5.74) is 1.05. The van der Waals surface area contributed by atoms with Gasteiger partial charge in [-0.3, -0.25) is 4.79 Å². The van der Waals surface area contributed by atoms with Crippen LogP contribution in [0.3, 0.4) is 0 Å². The molecule has 1 amide bonds. The van der Waals surface area contributed by atoms with Crippen molar-refractivity contribution in [2.45, 2.75) is 43.3 Å². The van der Waals surface area contributed by atoms with Gasteiger partial charge in [-0.15, -0.1) is 0 Å². The summed E-state index contributed by atoms with van der Waals surface area (Å²) in [5.74, 6) is -0.113. The Hall–Kier alpha value is -1.07. The Morgan fingerprint density at radius 1 is 1.30 bits per heavy atom. The summed E-state index contributed by atoms with van der Waals surface area (Å²) < 4.78 is 25.0. The largest absolute Gasteiger partial charge is 0.355 e. The number of carbonyl (C=O) groups is 1. The van der Waals surface area contributed by atoms with Gasteiger partial charge in [0.15, 0.2) is 9.84 Å². The number of rotatable bonds is 2. The van der Waals surface area contributed by atoms with E-state index < -0.39 is 14.6 Å². The van der Waals surface area contributed by atoms with Crippen LogP contribution in [0.5, 0.6) is 0 Å². The first-order valence-corrected chi connectivity index (χ1v) is 10.2. The molecule has 2 aliphatic rings. The van der Waals surface area contributed by atoms with E-state index in [1.54, 1.807) is 0 Å². The summed E-state index contributed by atoms with van der Waals surface area (Å²) in [6.45, 7) is 0.229. The Bertz CT molecular complexity index is 704. The minimum Gasteiger partial charge on any atom is -0.355 e. The molecule has 1 saturated heterocycles. The van der Waals surface area contributed by atoms with E-state index in [0.29, 0.717) is 17.9 Å². The highest BCUT2D eigenvalue weighted by Crippen LogP contribution is 2.45. The molecule has 0 aromatic heterocycles. The van der Waals surface area contributed by atoms with E-state index in [1.807, 2.05) is 24.3 Å². The van der Waals surface area contributed by atoms with Crippen molar-refractivity contribution in [3.63, 3.8) is 0 Å². The van der Waals surface area contributed by atoms with Crippen LogP contribution in [0.2, 0.25) is 5.02 Å². The van der Waals surface area contributed by atoms with Gasteiger partial charge in [0.2, 0.25) is 5.91 Å². The summed E-state index contributed by atoms with van der Waals surface area (Å²) in [6, 6.07) is 7.59. The molecule has 1 heterocycles. The smallest absolute Gasteiger partial charge is 0.221 e. The average molecular weight is 356 g/mol. The second-order valence-electron chi connectivity index (χ2n) is 6.69. The minimum absolute atomic E-state index is 0.0245. The van der Waals surface area contributed by atoms with Crippen LogP contribution in [-0.4, -0.2) is 31.4 Å². The molecule has 1 saturated carbocycles. The highest BCUT2D eigenvalue weighted by Gasteiger charge is 2.52. The zero-order chi connectivity index (χ0) is 16.5. The number of benzene rings is 1. The lowest BCUT2D eigenvalue weighted by Crippen LogP contribution is -2.50. The van der Waals surface area contributed by atoms with Crippen LogP contribution in [0.1, 0.15) is 37.7 Å². The van der Waals surface area contributed by atoms with Gasteiger partial charge in [0.1, 0.15) is 0 Å². The molecule has 0 bridgehead atoms. The summed E-state index contributed by atoms with van der Waals surface area (Å²) in [7, 11) is -3.31. The Kier molecular flexibility index (Phi) is 4.70. The second kappa shape index (κ2) is 6.44. The third-order valence-corrected chi connectivity index (χ3v) is 8.19. The quantitative estimate of drug-likeness (QED) is 0.887. The van der Waals surface area contributed by atoms with E-state index in [1.165, 1.54) is 0 Å². The zero-order valence-electron chi connectivity index (χ0n) is 13.1. The number of hydrogen-bond donors (Lipinski definition) is 1. The molecule has 1 spiro atoms. The van der Waals surface area contributed by atoms with E-state index in [0.717, 1.165) is 24.8 Å². The van der Waals surface area contributed by atoms with E-state index in [9.17, 15) is 13.2 Å². The van der Waals surface area contributed by atoms with Crippen molar-refractivity contribution in [2.24, 2.45) is 5.92 Å². The van der Waals surface area contributed by atoms with Crippen molar-refractivity contribution in [1.29, 1.82) is 0 Å². The first-order chi connectivity index (χ1) is 10.9. The van der Waals surface area contributed by atoms with E-state index in [-0.39, 0.29) is 30.5 Å². The van der Waals surface area contributed by atoms with Crippen molar-refractivity contribution in [3.8, 4) is 0 Å². The zero-order valence-corrected chi connectivity index (χ0v) is 14.6. The maximum Gasteiger partial charge on any atom is 0.221 e. The number of halogens is 1. The molecular weight excluding hydrogens is 334 g/mol. The van der Waals surface area contributed by atoms with Gasteiger partial charge in [0.25, 0.3) is 0 Å². The third kappa shape index (κ3) is 3.26. The lowest BCUT2D eigenvalue weighted by Gasteiger charge is -2.42. The molecule has 1 N–H and O–H groups in total. The van der Waals surface area contributed by atoms with Gasteiger partial charge in [-0.1, -0.05) is 36.6 Å². The number of sulfone groups is 1. The van der Waals surface area contributed by atoms with Crippen LogP contribution in [0.25, 0.3) is 0 Å². The van der Waals surface area contributed by atoms with Gasteiger partial charge in [0, 0.05) is 18.0 Å². The Labute approximate surface area is 142 Å². The fourth-order valence-electron chi connectivity index (χ4n) is 4.13. The molecule has 1 aromatic carbocycles. The molecule has 2 fully saturated rings. The van der Waals surface area contributed by atoms with Gasteiger partial charge < -0.3 is 5.32 Å². The van der Waals surface area contributed by atoms with Crippen LogP contribution in [0, 0.1) is 5.92 Å². The predicted molar refractivity (Wildman–Crippen MR) is 91.3 cm³/mol. The Morgan fingerprint density at radius 3 is 2.91 bits per heavy atom. The molecule has 23 heavy (non-hydrogen) atoms. The van der Waals surface area contributed by atoms with Gasteiger partial charge in [0.05, 0.1) is 10.5 Å². The number of amides is 1. The van der Waals surface area contributed by atoms with E-state index >= 15 is 0 Å². The highest BCUT2D eigenvalue weighted by molar-refractivity contribution is 7.92. The Morgan fingerprint density at radius 2 is 2.13 bits per heavy atom. The molecule has 1 aromatic rings. The van der Waals surface area contributed by atoms with Crippen LogP contribution >= 0.6 is 11.6 Å². The van der Waals surface area contributed by atoms with Gasteiger partial charge in [-0.25, -0.2) is 8.42 Å². The van der Waals surface area contributed by atoms with Crippen molar-refractivity contribution >= 4 is 27.3 Å². The monoisotopic (exact) mass is 355 g/mol. The number of carbonyl (C=O) groups excluding carboxylic acids is 1. The maximum atomic E-state index is 13.0. The van der Waals surface area contributed by atoms with Crippen molar-refractivity contribution in [1.82, 2.24) is 5.32 Å². The lowest BCUT2D eigenvalue weighted by atomic mass is 9.73. The standard InChI is InChI=1S/C17H22ClNO3S/c18-15-6-3-4-13(11-15)10-14-5-1-2-7-17(14)12-16(20)19-8-9-23(17,21)22/h3-4,6,11,14H,1-2,5,7-10,12H2,(H,19,20). The molecule has 0 radical (unpaired) electrons. The highest BCUT2D eigenvalue weighted by atomic mass is 35.5. The molecule has 1 aliphatic carbocycles. The van der Waals surface area contributed by atoms with Gasteiger partial charge in [-0.05, 0) is 42.9 Å². The molecular formula is C17H22ClNO3S. The van der Waals surface area contributed by atoms with E-state index in [2.05, 4.69) is 5.32 Å². The number of nitrogens with one attached hydrogen (secondary N) is 1. The topological polar surface area (TPSA) is 63.2 Å². The molecule has 3 rings (SSSR count). The van der Waals surface area contributed by atoms with Crippen molar-refractivity contribution < 1.29 is 13.2 Å². The van der Waals surface area contributed by atoms with Crippen LogP contribution in [0.15, 0.2) is 24.3 Å². The second-order valence-corrected chi connectivity index (χ2v) is 9.57. The maximum absolute atomic E-state index is 13.0. The Balaban J connectivity index is 1.97. The lowest BCUT2D eigenvalue weighted by molar-refractivity contribution is -0.121. The van der Waals surface area contributed by atoms with Crippen molar-refractivity contribution in [3.05, 3.63) is 34.9 Å². The third-order valence-electron chi connectivity index (χ3n) is 5.29. The molecule has 126 valence electrons. The fraction of sp³-hybridized carbons (Fsp3) is 0.588. The summed E-state index contributed by atoms with van der Waals surface area (Å²) in [5, 5.41) is 3.39. The molecule has 1 aliphatic heterocycles. The van der Waals surface area contributed by atoms with Crippen LogP contribution in [0.4, 0.5) is 0 Å². The molecule has 2 atom stereocenters. The van der Waals surface area contributed by atoms with Crippen LogP contribution < -0.4 is 5.32 Å². The molecule has 6 heteroatoms. The van der Waals surface area contributed by atoms with Gasteiger partial charge in [-0.2, -0.15) is 0 Å². The minimum atomic E-state index is -3.31. The SMILES string of the molecule is O=C1CC2(CCCCC2Cc2cccc(Cl)c2)S(=O)(=O)CCN1. The normalized spacial score (nSPS) is 30.7. The fourth-order valence-corrected chi connectivity index (χ4v) is 6.64. The van der Waals surface area contributed by atoms with Crippen LogP contribution in [-0.2, 0) is 21.1 Å².